The lowest BCUT2D eigenvalue weighted by atomic mass is 10.0. The molecule has 1 aromatic rings. The highest BCUT2D eigenvalue weighted by Crippen LogP contribution is 2.29. The van der Waals surface area contributed by atoms with E-state index >= 15 is 0 Å². The molecule has 0 radical (unpaired) electrons. The van der Waals surface area contributed by atoms with Gasteiger partial charge in [0.15, 0.2) is 0 Å². The summed E-state index contributed by atoms with van der Waals surface area (Å²) >= 11 is 14.7. The summed E-state index contributed by atoms with van der Waals surface area (Å²) in [5, 5.41) is 0.485. The van der Waals surface area contributed by atoms with Crippen LogP contribution in [0.5, 0.6) is 5.75 Å². The van der Waals surface area contributed by atoms with Crippen LogP contribution in [0.4, 0.5) is 0 Å². The van der Waals surface area contributed by atoms with Gasteiger partial charge in [-0.2, -0.15) is 0 Å². The second-order valence-corrected chi connectivity index (χ2v) is 5.30. The number of rotatable bonds is 4. The van der Waals surface area contributed by atoms with E-state index in [0.29, 0.717) is 17.6 Å². The van der Waals surface area contributed by atoms with Crippen molar-refractivity contribution in [1.82, 2.24) is 0 Å². The fourth-order valence-corrected chi connectivity index (χ4v) is 1.78. The molecule has 0 bridgehead atoms. The van der Waals surface area contributed by atoms with Crippen LogP contribution >= 0.6 is 39.1 Å². The van der Waals surface area contributed by atoms with Crippen molar-refractivity contribution in [2.24, 2.45) is 0 Å². The zero-order valence-electron chi connectivity index (χ0n) is 9.14. The van der Waals surface area contributed by atoms with Crippen LogP contribution in [-0.4, -0.2) is 6.61 Å². The van der Waals surface area contributed by atoms with Crippen LogP contribution < -0.4 is 4.74 Å². The van der Waals surface area contributed by atoms with Gasteiger partial charge in [0.25, 0.3) is 0 Å². The molecule has 0 saturated heterocycles. The maximum atomic E-state index is 5.77. The lowest BCUT2D eigenvalue weighted by Gasteiger charge is -2.14. The van der Waals surface area contributed by atoms with E-state index in [9.17, 15) is 0 Å². The van der Waals surface area contributed by atoms with Crippen molar-refractivity contribution in [3.63, 3.8) is 0 Å². The Bertz CT molecular complexity index is 389. The molecule has 1 aromatic carbocycles. The highest BCUT2D eigenvalue weighted by Gasteiger charge is 2.08. The largest absolute Gasteiger partial charge is 0.488 e. The minimum atomic E-state index is 0.298. The third kappa shape index (κ3) is 4.00. The van der Waals surface area contributed by atoms with Crippen LogP contribution in [0.2, 0.25) is 0 Å². The first kappa shape index (κ1) is 13.9. The van der Waals surface area contributed by atoms with Gasteiger partial charge in [-0.05, 0) is 29.7 Å². The number of benzene rings is 1. The summed E-state index contributed by atoms with van der Waals surface area (Å²) in [5.41, 5.74) is 2.46. The van der Waals surface area contributed by atoms with Crippen LogP contribution in [0.25, 0.3) is 0 Å². The Morgan fingerprint density at radius 2 is 2.19 bits per heavy atom. The minimum Gasteiger partial charge on any atom is -0.488 e. The van der Waals surface area contributed by atoms with Gasteiger partial charge in [0, 0.05) is 10.0 Å². The van der Waals surface area contributed by atoms with Crippen molar-refractivity contribution < 1.29 is 4.74 Å². The SMILES string of the molecule is CC(C)c1cc(Br)ccc1OC/C(Cl)=C/Cl. The number of hydrogen-bond acceptors (Lipinski definition) is 1. The van der Waals surface area contributed by atoms with Gasteiger partial charge in [0.1, 0.15) is 12.4 Å². The highest BCUT2D eigenvalue weighted by molar-refractivity contribution is 9.10. The number of hydrogen-bond donors (Lipinski definition) is 0. The molecule has 0 aliphatic rings. The Balaban J connectivity index is 2.87. The van der Waals surface area contributed by atoms with Crippen molar-refractivity contribution in [1.29, 1.82) is 0 Å². The predicted molar refractivity (Wildman–Crippen MR) is 73.5 cm³/mol. The summed E-state index contributed by atoms with van der Waals surface area (Å²) in [6.07, 6.45) is 0. The zero-order valence-corrected chi connectivity index (χ0v) is 12.2. The van der Waals surface area contributed by atoms with Gasteiger partial charge in [-0.15, -0.1) is 0 Å². The molecule has 0 atom stereocenters. The second-order valence-electron chi connectivity index (χ2n) is 3.68. The van der Waals surface area contributed by atoms with Gasteiger partial charge in [-0.25, -0.2) is 0 Å². The van der Waals surface area contributed by atoms with E-state index in [1.54, 1.807) is 0 Å². The van der Waals surface area contributed by atoms with Crippen LogP contribution in [0.15, 0.2) is 33.2 Å². The summed E-state index contributed by atoms with van der Waals surface area (Å²) in [5.74, 6) is 1.24. The van der Waals surface area contributed by atoms with Crippen LogP contribution in [0.1, 0.15) is 25.3 Å². The quantitative estimate of drug-likeness (QED) is 0.733. The molecule has 1 nitrogen and oxygen atoms in total. The van der Waals surface area contributed by atoms with E-state index in [0.717, 1.165) is 15.8 Å². The Hall–Kier alpha value is -0.180. The first-order valence-electron chi connectivity index (χ1n) is 4.91. The van der Waals surface area contributed by atoms with E-state index < -0.39 is 0 Å². The first-order valence-corrected chi connectivity index (χ1v) is 6.52. The van der Waals surface area contributed by atoms with E-state index in [-0.39, 0.29) is 0 Å². The molecule has 0 spiro atoms. The summed E-state index contributed by atoms with van der Waals surface area (Å²) in [7, 11) is 0. The van der Waals surface area contributed by atoms with Gasteiger partial charge in [0.2, 0.25) is 0 Å². The van der Waals surface area contributed by atoms with E-state index in [2.05, 4.69) is 35.8 Å². The Labute approximate surface area is 115 Å². The summed E-state index contributed by atoms with van der Waals surface area (Å²) in [6, 6.07) is 5.93. The van der Waals surface area contributed by atoms with Crippen molar-refractivity contribution in [3.8, 4) is 5.75 Å². The van der Waals surface area contributed by atoms with Crippen LogP contribution in [0, 0.1) is 0 Å². The molecule has 0 N–H and O–H groups in total. The molecule has 1 rings (SSSR count). The molecule has 0 aliphatic heterocycles. The van der Waals surface area contributed by atoms with E-state index in [4.69, 9.17) is 27.9 Å². The lowest BCUT2D eigenvalue weighted by molar-refractivity contribution is 0.353. The third-order valence-corrected chi connectivity index (χ3v) is 3.16. The molecule has 0 heterocycles. The maximum Gasteiger partial charge on any atom is 0.125 e. The van der Waals surface area contributed by atoms with Gasteiger partial charge in [-0.3, -0.25) is 0 Å². The van der Waals surface area contributed by atoms with Crippen molar-refractivity contribution in [3.05, 3.63) is 38.8 Å². The average Bonchev–Trinajstić information content (AvgIpc) is 2.26. The monoisotopic (exact) mass is 322 g/mol. The molecular formula is C12H13BrCl2O. The van der Waals surface area contributed by atoms with Crippen LogP contribution in [0.3, 0.4) is 0 Å². The van der Waals surface area contributed by atoms with Crippen molar-refractivity contribution >= 4 is 39.1 Å². The number of halogens is 3. The molecule has 0 aromatic heterocycles. The first-order chi connectivity index (χ1) is 7.54. The van der Waals surface area contributed by atoms with Crippen molar-refractivity contribution in [2.75, 3.05) is 6.61 Å². The summed E-state index contributed by atoms with van der Waals surface area (Å²) in [6.45, 7) is 4.54. The Morgan fingerprint density at radius 1 is 1.50 bits per heavy atom. The van der Waals surface area contributed by atoms with Crippen molar-refractivity contribution in [2.45, 2.75) is 19.8 Å². The fourth-order valence-electron chi connectivity index (χ4n) is 1.28. The van der Waals surface area contributed by atoms with Crippen LogP contribution in [-0.2, 0) is 0 Å². The van der Waals surface area contributed by atoms with Gasteiger partial charge in [-0.1, -0.05) is 53.0 Å². The van der Waals surface area contributed by atoms with E-state index in [1.165, 1.54) is 5.54 Å². The third-order valence-electron chi connectivity index (χ3n) is 2.08. The second kappa shape index (κ2) is 6.53. The molecule has 0 unspecified atom stereocenters. The Morgan fingerprint density at radius 3 is 2.75 bits per heavy atom. The molecular weight excluding hydrogens is 311 g/mol. The normalized spacial score (nSPS) is 12.0. The molecule has 0 aliphatic carbocycles. The summed E-state index contributed by atoms with van der Waals surface area (Å²) in [4.78, 5) is 0. The molecule has 4 heteroatoms. The fraction of sp³-hybridized carbons (Fsp3) is 0.333. The minimum absolute atomic E-state index is 0.298. The van der Waals surface area contributed by atoms with Gasteiger partial charge in [0.05, 0.1) is 5.03 Å². The van der Waals surface area contributed by atoms with Gasteiger partial charge < -0.3 is 4.74 Å². The van der Waals surface area contributed by atoms with E-state index in [1.807, 2.05) is 12.1 Å². The molecule has 16 heavy (non-hydrogen) atoms. The maximum absolute atomic E-state index is 5.77. The van der Waals surface area contributed by atoms with Gasteiger partial charge >= 0.3 is 0 Å². The molecule has 0 fully saturated rings. The average molecular weight is 324 g/mol. The topological polar surface area (TPSA) is 9.23 Å². The lowest BCUT2D eigenvalue weighted by Crippen LogP contribution is -2.01. The smallest absolute Gasteiger partial charge is 0.125 e. The Kier molecular flexibility index (Phi) is 5.67. The standard InChI is InChI=1S/C12H13BrCl2O/c1-8(2)11-5-9(13)3-4-12(11)16-7-10(15)6-14/h3-6,8H,7H2,1-2H3/b10-6-. The predicted octanol–water partition coefficient (Wildman–Crippen LogP) is 5.27. The number of ether oxygens (including phenoxy) is 1. The molecule has 88 valence electrons. The summed E-state index contributed by atoms with van der Waals surface area (Å²) < 4.78 is 6.64. The zero-order chi connectivity index (χ0) is 12.1. The highest BCUT2D eigenvalue weighted by atomic mass is 79.9. The molecule has 0 amide bonds. The molecule has 0 saturated carbocycles.